The fraction of sp³-hybridized carbons (Fsp3) is 0.391. The molecule has 1 aromatic carbocycles. The topological polar surface area (TPSA) is 108 Å². The first-order chi connectivity index (χ1) is 15.3. The fourth-order valence-corrected chi connectivity index (χ4v) is 4.21. The molecule has 4 rings (SSSR count). The number of nitrogens with zero attached hydrogens (tertiary/aromatic N) is 5. The number of rotatable bonds is 6. The monoisotopic (exact) mass is 436 g/mol. The second-order valence-corrected chi connectivity index (χ2v) is 8.50. The summed E-state index contributed by atoms with van der Waals surface area (Å²) in [6.07, 6.45) is 1.86. The van der Waals surface area contributed by atoms with Crippen LogP contribution in [0.25, 0.3) is 11.2 Å². The van der Waals surface area contributed by atoms with Crippen LogP contribution in [-0.4, -0.2) is 43.6 Å². The lowest BCUT2D eigenvalue weighted by molar-refractivity contribution is 0.0969. The highest BCUT2D eigenvalue weighted by molar-refractivity contribution is 5.95. The van der Waals surface area contributed by atoms with Crippen molar-refractivity contribution in [3.63, 3.8) is 0 Å². The van der Waals surface area contributed by atoms with E-state index in [9.17, 15) is 14.4 Å². The van der Waals surface area contributed by atoms with Gasteiger partial charge in [0.1, 0.15) is 0 Å². The minimum absolute atomic E-state index is 0.0193. The van der Waals surface area contributed by atoms with Crippen LogP contribution >= 0.6 is 0 Å². The highest BCUT2D eigenvalue weighted by Gasteiger charge is 2.26. The largest absolute Gasteiger partial charge is 0.341 e. The van der Waals surface area contributed by atoms with Crippen LogP contribution in [0.4, 0.5) is 5.95 Å². The lowest BCUT2D eigenvalue weighted by atomic mass is 10.1. The van der Waals surface area contributed by atoms with Crippen molar-refractivity contribution in [2.75, 3.05) is 18.0 Å². The van der Waals surface area contributed by atoms with Crippen molar-refractivity contribution < 1.29 is 4.79 Å². The molecule has 0 aliphatic carbocycles. The summed E-state index contributed by atoms with van der Waals surface area (Å²) in [5.74, 6) is 0.287. The molecule has 32 heavy (non-hydrogen) atoms. The highest BCUT2D eigenvalue weighted by Crippen LogP contribution is 2.23. The molecule has 0 amide bonds. The molecule has 0 radical (unpaired) electrons. The van der Waals surface area contributed by atoms with E-state index in [1.165, 1.54) is 4.57 Å². The number of hydrogen-bond acceptors (Lipinski definition) is 6. The lowest BCUT2D eigenvalue weighted by Crippen LogP contribution is -2.44. The summed E-state index contributed by atoms with van der Waals surface area (Å²) in [4.78, 5) is 46.0. The molecule has 2 N–H and O–H groups in total. The number of aryl methyl sites for hydroxylation is 1. The number of benzene rings is 1. The molecule has 0 saturated carbocycles. The maximum absolute atomic E-state index is 13.5. The van der Waals surface area contributed by atoms with Crippen LogP contribution in [0.15, 0.2) is 52.1 Å². The molecule has 9 heteroatoms. The Morgan fingerprint density at radius 1 is 1.19 bits per heavy atom. The number of imidazole rings is 1. The van der Waals surface area contributed by atoms with Gasteiger partial charge in [0, 0.05) is 38.3 Å². The molecule has 9 nitrogen and oxygen atoms in total. The number of carbonyl (C=O) groups is 1. The van der Waals surface area contributed by atoms with Gasteiger partial charge in [-0.2, -0.15) is 4.98 Å². The quantitative estimate of drug-likeness (QED) is 0.461. The van der Waals surface area contributed by atoms with Gasteiger partial charge in [-0.1, -0.05) is 42.5 Å². The minimum atomic E-state index is -0.575. The number of hydrogen-bond donors (Lipinski definition) is 1. The van der Waals surface area contributed by atoms with Gasteiger partial charge in [0.2, 0.25) is 5.95 Å². The molecular formula is C23H28N6O3. The van der Waals surface area contributed by atoms with Gasteiger partial charge in [0.05, 0.1) is 6.54 Å². The third kappa shape index (κ3) is 3.91. The van der Waals surface area contributed by atoms with Crippen molar-refractivity contribution in [2.24, 2.45) is 12.8 Å². The Hall–Kier alpha value is -3.46. The van der Waals surface area contributed by atoms with Gasteiger partial charge in [0.25, 0.3) is 5.56 Å². The second-order valence-electron chi connectivity index (χ2n) is 8.50. The third-order valence-corrected chi connectivity index (χ3v) is 5.78. The van der Waals surface area contributed by atoms with Crippen molar-refractivity contribution >= 4 is 22.9 Å². The van der Waals surface area contributed by atoms with Crippen LogP contribution in [0.3, 0.4) is 0 Å². The summed E-state index contributed by atoms with van der Waals surface area (Å²) in [5.41, 5.74) is 6.92. The van der Waals surface area contributed by atoms with E-state index in [0.29, 0.717) is 30.2 Å². The molecule has 1 aliphatic heterocycles. The number of nitrogens with two attached hydrogens (primary N) is 1. The van der Waals surface area contributed by atoms with Crippen LogP contribution in [0, 0.1) is 0 Å². The normalized spacial score (nSPS) is 16.5. The number of fused-ring (bicyclic) bond motifs is 1. The van der Waals surface area contributed by atoms with Gasteiger partial charge in [-0.05, 0) is 19.8 Å². The van der Waals surface area contributed by atoms with Crippen LogP contribution in [0.5, 0.6) is 0 Å². The fourth-order valence-electron chi connectivity index (χ4n) is 4.21. The molecule has 1 saturated heterocycles. The zero-order chi connectivity index (χ0) is 23.0. The van der Waals surface area contributed by atoms with E-state index in [1.54, 1.807) is 41.9 Å². The average molecular weight is 437 g/mol. The molecule has 1 aliphatic rings. The summed E-state index contributed by atoms with van der Waals surface area (Å²) in [6, 6.07) is 8.64. The van der Waals surface area contributed by atoms with E-state index in [0.717, 1.165) is 29.5 Å². The first kappa shape index (κ1) is 21.8. The van der Waals surface area contributed by atoms with E-state index in [4.69, 9.17) is 5.73 Å². The van der Waals surface area contributed by atoms with Gasteiger partial charge in [-0.3, -0.25) is 18.7 Å². The number of ketones is 1. The summed E-state index contributed by atoms with van der Waals surface area (Å²) >= 11 is 0. The van der Waals surface area contributed by atoms with Crippen molar-refractivity contribution in [2.45, 2.75) is 38.9 Å². The molecule has 0 bridgehead atoms. The van der Waals surface area contributed by atoms with Crippen LogP contribution in [-0.2, 0) is 20.1 Å². The summed E-state index contributed by atoms with van der Waals surface area (Å²) in [6.45, 7) is 7.28. The molecular weight excluding hydrogens is 408 g/mol. The Bertz CT molecular complexity index is 1300. The van der Waals surface area contributed by atoms with E-state index < -0.39 is 11.2 Å². The third-order valence-electron chi connectivity index (χ3n) is 5.78. The maximum atomic E-state index is 13.5. The molecule has 1 atom stereocenters. The Morgan fingerprint density at radius 2 is 1.91 bits per heavy atom. The second kappa shape index (κ2) is 8.58. The number of piperidine rings is 1. The molecule has 2 aromatic heterocycles. The van der Waals surface area contributed by atoms with E-state index in [1.807, 2.05) is 6.92 Å². The van der Waals surface area contributed by atoms with E-state index in [2.05, 4.69) is 16.5 Å². The summed E-state index contributed by atoms with van der Waals surface area (Å²) < 4.78 is 4.11. The predicted molar refractivity (Wildman–Crippen MR) is 124 cm³/mol. The number of allylic oxidation sites excluding steroid dienone is 1. The van der Waals surface area contributed by atoms with Crippen molar-refractivity contribution in [1.82, 2.24) is 18.7 Å². The smallest absolute Gasteiger partial charge is 0.332 e. The zero-order valence-electron chi connectivity index (χ0n) is 18.5. The summed E-state index contributed by atoms with van der Waals surface area (Å²) in [5, 5.41) is 0. The number of carbonyl (C=O) groups excluding carboxylic acids is 1. The predicted octanol–water partition coefficient (Wildman–Crippen LogP) is 1.28. The van der Waals surface area contributed by atoms with Gasteiger partial charge < -0.3 is 15.2 Å². The Morgan fingerprint density at radius 3 is 2.56 bits per heavy atom. The number of Topliss-reactive ketones (excluding diaryl/α,β-unsaturated/α-hetero) is 1. The Kier molecular flexibility index (Phi) is 5.84. The summed E-state index contributed by atoms with van der Waals surface area (Å²) in [7, 11) is 1.57. The van der Waals surface area contributed by atoms with Gasteiger partial charge in [-0.25, -0.2) is 4.79 Å². The molecule has 1 unspecified atom stereocenters. The Balaban J connectivity index is 1.89. The van der Waals surface area contributed by atoms with Crippen LogP contribution in [0.1, 0.15) is 30.1 Å². The van der Waals surface area contributed by atoms with Crippen molar-refractivity contribution in [3.8, 4) is 0 Å². The highest BCUT2D eigenvalue weighted by atomic mass is 16.2. The van der Waals surface area contributed by atoms with E-state index in [-0.39, 0.29) is 23.9 Å². The first-order valence-electron chi connectivity index (χ1n) is 10.7. The molecule has 0 spiro atoms. The standard InChI is InChI=1S/C23H28N6O3/c1-15(2)12-28-19-20(25-22(28)27-11-7-10-17(24)13-27)26(3)23(32)29(21(19)31)14-18(30)16-8-5-4-6-9-16/h4-6,8-9,17H,1,7,10-14,24H2,2-3H3. The molecule has 1 fully saturated rings. The van der Waals surface area contributed by atoms with Gasteiger partial charge in [-0.15, -0.1) is 0 Å². The molecule has 3 aromatic rings. The number of aromatic nitrogens is 4. The van der Waals surface area contributed by atoms with Crippen molar-refractivity contribution in [3.05, 3.63) is 68.9 Å². The Labute approximate surface area is 185 Å². The van der Waals surface area contributed by atoms with Gasteiger partial charge >= 0.3 is 5.69 Å². The van der Waals surface area contributed by atoms with Gasteiger partial charge in [0.15, 0.2) is 16.9 Å². The van der Waals surface area contributed by atoms with Crippen LogP contribution in [0.2, 0.25) is 0 Å². The molecule has 3 heterocycles. The minimum Gasteiger partial charge on any atom is -0.341 e. The zero-order valence-corrected chi connectivity index (χ0v) is 18.5. The maximum Gasteiger partial charge on any atom is 0.332 e. The average Bonchev–Trinajstić information content (AvgIpc) is 3.14. The van der Waals surface area contributed by atoms with E-state index >= 15 is 0 Å². The first-order valence-corrected chi connectivity index (χ1v) is 10.7. The number of anilines is 1. The van der Waals surface area contributed by atoms with Crippen molar-refractivity contribution in [1.29, 1.82) is 0 Å². The lowest BCUT2D eigenvalue weighted by Gasteiger charge is -2.31. The SMILES string of the molecule is C=C(C)Cn1c(N2CCCC(N)C2)nc2c1c(=O)n(CC(=O)c1ccccc1)c(=O)n2C. The molecule has 168 valence electrons. The van der Waals surface area contributed by atoms with Crippen LogP contribution < -0.4 is 21.9 Å².